The summed E-state index contributed by atoms with van der Waals surface area (Å²) in [6.07, 6.45) is 4.68. The van der Waals surface area contributed by atoms with Gasteiger partial charge < -0.3 is 44.6 Å². The average Bonchev–Trinajstić information content (AvgIpc) is 4.17. The molecule has 3 aliphatic heterocycles. The first kappa shape index (κ1) is 40.8. The van der Waals surface area contributed by atoms with Gasteiger partial charge in [0.2, 0.25) is 11.8 Å². The Morgan fingerprint density at radius 1 is 0.746 bits per heavy atom. The summed E-state index contributed by atoms with van der Waals surface area (Å²) in [5, 5.41) is 9.85. The third-order valence-electron chi connectivity index (χ3n) is 14.1. The van der Waals surface area contributed by atoms with Gasteiger partial charge in [-0.3, -0.25) is 9.59 Å². The lowest BCUT2D eigenvalue weighted by atomic mass is 9.90. The van der Waals surface area contributed by atoms with Crippen molar-refractivity contribution in [3.8, 4) is 11.1 Å². The summed E-state index contributed by atoms with van der Waals surface area (Å²) in [4.78, 5) is 74.1. The number of hydrogen-bond donors (Lipinski definition) is 4. The third kappa shape index (κ3) is 7.29. The number of nitrogens with zero attached hydrogens (tertiary/aromatic N) is 4. The lowest BCUT2D eigenvalue weighted by Crippen LogP contribution is -2.54. The minimum atomic E-state index is -0.694. The summed E-state index contributed by atoms with van der Waals surface area (Å²) in [5.41, 5.74) is 5.71. The van der Waals surface area contributed by atoms with Crippen LogP contribution in [0.15, 0.2) is 60.7 Å². The topological polar surface area (TPSA) is 184 Å². The molecule has 2 aromatic heterocycles. The fraction of sp³-hybridized carbons (Fsp3) is 0.458. The Morgan fingerprint density at radius 3 is 2.00 bits per heavy atom. The number of alkyl carbamates (subject to hydrolysis) is 2. The summed E-state index contributed by atoms with van der Waals surface area (Å²) in [5.74, 6) is 1.47. The fourth-order valence-electron chi connectivity index (χ4n) is 10.9. The van der Waals surface area contributed by atoms with Crippen molar-refractivity contribution in [1.29, 1.82) is 0 Å². The monoisotopic (exact) mass is 854 g/mol. The van der Waals surface area contributed by atoms with Crippen molar-refractivity contribution in [3.63, 3.8) is 0 Å². The molecule has 6 atom stereocenters. The van der Waals surface area contributed by atoms with E-state index in [9.17, 15) is 19.2 Å². The molecule has 15 nitrogen and oxygen atoms in total. The van der Waals surface area contributed by atoms with Gasteiger partial charge in [-0.1, -0.05) is 50.2 Å². The molecule has 4 N–H and O–H groups in total. The zero-order chi connectivity index (χ0) is 43.5. The molecule has 5 heterocycles. The standard InChI is InChI=1S/C48H54N8O7/c1-25(2)38(53-47(59)61-3)46(58)56-32-12-7-31(24-32)42(56)44-50-36-16-11-30-23-28(9-14-34(30)41(36)52-44)27-8-13-33-29(22-27)10-15-35-40(33)51-43(49-35)37-6-5-19-55(37)45(57)39(54-48(60)62-4)26-17-20-63-21-18-26/h8-11,13-16,22-23,25-26,31-32,37-39,42H,5-7,12,17-21,24H2,1-4H3,(H,49,51)(H,50,52)(H,53,59)(H,54,60)/t31-,32+,37+,38+,39?,42+/m1/s1. The van der Waals surface area contributed by atoms with E-state index in [0.29, 0.717) is 38.5 Å². The fourth-order valence-corrected chi connectivity index (χ4v) is 10.9. The molecule has 4 amide bonds. The van der Waals surface area contributed by atoms with E-state index in [1.165, 1.54) is 14.2 Å². The van der Waals surface area contributed by atoms with Crippen LogP contribution in [0.1, 0.15) is 82.5 Å². The SMILES string of the molecule is COC(=O)NC(C(=O)N1CCC[C@H]1c1nc2ccc3cc(-c4ccc5c(ccc6nc([C@@H]7[C@@H]8CC[C@@H](C8)N7C(=O)[C@@H](NC(=O)OC)C(C)C)[nH]c65)c4)ccc3c2[nH]1)C1CCOCC1. The van der Waals surface area contributed by atoms with Gasteiger partial charge >= 0.3 is 12.2 Å². The number of aromatic amines is 2. The van der Waals surface area contributed by atoms with Gasteiger partial charge in [-0.15, -0.1) is 0 Å². The number of fused-ring (bicyclic) bond motifs is 8. The molecule has 1 saturated carbocycles. The Labute approximate surface area is 364 Å². The molecule has 6 aromatic rings. The highest BCUT2D eigenvalue weighted by Gasteiger charge is 2.51. The number of piperidine rings is 1. The van der Waals surface area contributed by atoms with Crippen molar-refractivity contribution >= 4 is 67.6 Å². The van der Waals surface area contributed by atoms with Crippen LogP contribution in [0.5, 0.6) is 0 Å². The van der Waals surface area contributed by atoms with Crippen molar-refractivity contribution in [2.75, 3.05) is 34.0 Å². The minimum absolute atomic E-state index is 0.0353. The predicted molar refractivity (Wildman–Crippen MR) is 238 cm³/mol. The van der Waals surface area contributed by atoms with Crippen LogP contribution >= 0.6 is 0 Å². The predicted octanol–water partition coefficient (Wildman–Crippen LogP) is 7.66. The van der Waals surface area contributed by atoms with Crippen LogP contribution in [0, 0.1) is 17.8 Å². The first-order valence-corrected chi connectivity index (χ1v) is 22.3. The van der Waals surface area contributed by atoms with Crippen molar-refractivity contribution in [1.82, 2.24) is 40.4 Å². The number of carbonyl (C=O) groups is 4. The maximum Gasteiger partial charge on any atom is 0.407 e. The molecule has 15 heteroatoms. The second kappa shape index (κ2) is 16.5. The van der Waals surface area contributed by atoms with Crippen LogP contribution in [0.4, 0.5) is 9.59 Å². The van der Waals surface area contributed by atoms with E-state index in [0.717, 1.165) is 98.5 Å². The number of benzene rings is 4. The molecular weight excluding hydrogens is 801 g/mol. The molecule has 328 valence electrons. The molecule has 4 fully saturated rings. The molecule has 63 heavy (non-hydrogen) atoms. The zero-order valence-electron chi connectivity index (χ0n) is 36.1. The van der Waals surface area contributed by atoms with Crippen LogP contribution in [0.3, 0.4) is 0 Å². The number of amides is 4. The molecule has 1 unspecified atom stereocenters. The molecule has 0 radical (unpaired) electrons. The van der Waals surface area contributed by atoms with Crippen LogP contribution in [-0.2, 0) is 23.8 Å². The van der Waals surface area contributed by atoms with Gasteiger partial charge in [0.15, 0.2) is 0 Å². The van der Waals surface area contributed by atoms with Crippen LogP contribution in [0.2, 0.25) is 0 Å². The molecule has 4 aliphatic rings. The van der Waals surface area contributed by atoms with Gasteiger partial charge in [0, 0.05) is 36.6 Å². The number of methoxy groups -OCH3 is 2. The van der Waals surface area contributed by atoms with Gasteiger partial charge in [0.1, 0.15) is 23.7 Å². The minimum Gasteiger partial charge on any atom is -0.453 e. The van der Waals surface area contributed by atoms with Crippen molar-refractivity contribution in [2.45, 2.75) is 89.0 Å². The first-order valence-electron chi connectivity index (χ1n) is 22.3. The summed E-state index contributed by atoms with van der Waals surface area (Å²) in [6.45, 7) is 5.57. The largest absolute Gasteiger partial charge is 0.453 e. The molecule has 3 saturated heterocycles. The smallest absolute Gasteiger partial charge is 0.407 e. The lowest BCUT2D eigenvalue weighted by molar-refractivity contribution is -0.139. The molecule has 0 spiro atoms. The number of rotatable bonds is 9. The van der Waals surface area contributed by atoms with Crippen LogP contribution < -0.4 is 10.6 Å². The molecule has 4 aromatic carbocycles. The van der Waals surface area contributed by atoms with Crippen molar-refractivity contribution < 1.29 is 33.4 Å². The quantitative estimate of drug-likeness (QED) is 0.113. The van der Waals surface area contributed by atoms with Gasteiger partial charge in [0.05, 0.1) is 48.4 Å². The lowest BCUT2D eigenvalue weighted by Gasteiger charge is -2.37. The van der Waals surface area contributed by atoms with Gasteiger partial charge in [0.25, 0.3) is 0 Å². The van der Waals surface area contributed by atoms with Gasteiger partial charge in [-0.2, -0.15) is 0 Å². The summed E-state index contributed by atoms with van der Waals surface area (Å²) >= 11 is 0. The highest BCUT2D eigenvalue weighted by Crippen LogP contribution is 2.50. The average molecular weight is 855 g/mol. The van der Waals surface area contributed by atoms with Crippen molar-refractivity contribution in [2.24, 2.45) is 17.8 Å². The Hall–Kier alpha value is -6.22. The number of carbonyl (C=O) groups excluding carboxylic acids is 4. The van der Waals surface area contributed by atoms with E-state index in [1.54, 1.807) is 0 Å². The van der Waals surface area contributed by atoms with E-state index in [2.05, 4.69) is 69.1 Å². The number of imidazole rings is 2. The highest BCUT2D eigenvalue weighted by atomic mass is 16.5. The van der Waals surface area contributed by atoms with E-state index in [-0.39, 0.29) is 41.8 Å². The van der Waals surface area contributed by atoms with Gasteiger partial charge in [-0.05, 0) is 109 Å². The van der Waals surface area contributed by atoms with Crippen molar-refractivity contribution in [3.05, 3.63) is 72.3 Å². The molecular formula is C48H54N8O7. The van der Waals surface area contributed by atoms with E-state index in [1.807, 2.05) is 35.8 Å². The maximum absolute atomic E-state index is 14.2. The highest BCUT2D eigenvalue weighted by molar-refractivity contribution is 6.07. The number of nitrogens with one attached hydrogen (secondary N) is 4. The molecule has 2 bridgehead atoms. The summed E-state index contributed by atoms with van der Waals surface area (Å²) < 4.78 is 15.3. The van der Waals surface area contributed by atoms with Gasteiger partial charge in [-0.25, -0.2) is 19.6 Å². The normalized spacial score (nSPS) is 22.4. The maximum atomic E-state index is 14.2. The number of H-pyrrole nitrogens is 2. The number of aromatic nitrogens is 4. The summed E-state index contributed by atoms with van der Waals surface area (Å²) in [6, 6.07) is 19.5. The van der Waals surface area contributed by atoms with Crippen LogP contribution in [0.25, 0.3) is 54.7 Å². The van der Waals surface area contributed by atoms with E-state index in [4.69, 9.17) is 24.2 Å². The molecule has 10 rings (SSSR count). The zero-order valence-corrected chi connectivity index (χ0v) is 36.1. The second-order valence-corrected chi connectivity index (χ2v) is 18.1. The second-order valence-electron chi connectivity index (χ2n) is 18.1. The first-order chi connectivity index (χ1) is 30.6. The Kier molecular flexibility index (Phi) is 10.7. The number of hydrogen-bond acceptors (Lipinski definition) is 9. The Balaban J connectivity index is 0.912. The number of likely N-dealkylation sites (tertiary alicyclic amines) is 2. The van der Waals surface area contributed by atoms with E-state index >= 15 is 0 Å². The molecule has 1 aliphatic carbocycles. The third-order valence-corrected chi connectivity index (χ3v) is 14.1. The number of ether oxygens (including phenoxy) is 3. The Morgan fingerprint density at radius 2 is 1.37 bits per heavy atom. The van der Waals surface area contributed by atoms with Crippen LogP contribution in [-0.4, -0.2) is 106 Å². The van der Waals surface area contributed by atoms with E-state index < -0.39 is 24.3 Å². The Bertz CT molecular complexity index is 2760. The summed E-state index contributed by atoms with van der Waals surface area (Å²) in [7, 11) is 2.63.